The predicted molar refractivity (Wildman–Crippen MR) is 95.1 cm³/mol. The molecule has 0 spiro atoms. The van der Waals surface area contributed by atoms with E-state index in [0.717, 1.165) is 0 Å². The molecule has 0 unspecified atom stereocenters. The zero-order valence-electron chi connectivity index (χ0n) is 13.4. The summed E-state index contributed by atoms with van der Waals surface area (Å²) in [5, 5.41) is 0.195. The quantitative estimate of drug-likeness (QED) is 0.722. The van der Waals surface area contributed by atoms with Crippen molar-refractivity contribution in [2.75, 3.05) is 4.90 Å². The van der Waals surface area contributed by atoms with Crippen molar-refractivity contribution in [2.45, 2.75) is 30.7 Å². The Morgan fingerprint density at radius 1 is 1.20 bits per heavy atom. The molecular weight excluding hydrogens is 388 g/mol. The van der Waals surface area contributed by atoms with Gasteiger partial charge in [-0.05, 0) is 43.7 Å². The van der Waals surface area contributed by atoms with Gasteiger partial charge in [-0.15, -0.1) is 0 Å². The first kappa shape index (κ1) is 18.2. The lowest BCUT2D eigenvalue weighted by Crippen LogP contribution is -2.36. The fourth-order valence-electron chi connectivity index (χ4n) is 2.98. The molecule has 132 valence electrons. The molecule has 0 saturated heterocycles. The van der Waals surface area contributed by atoms with Crippen molar-refractivity contribution < 1.29 is 17.6 Å². The normalized spacial score (nSPS) is 16.2. The molecule has 0 saturated carbocycles. The van der Waals surface area contributed by atoms with E-state index in [9.17, 15) is 17.6 Å². The molecule has 0 aromatic heterocycles. The minimum absolute atomic E-state index is 0.105. The maximum Gasteiger partial charge on any atom is 0.261 e. The number of rotatable bonds is 3. The van der Waals surface area contributed by atoms with Gasteiger partial charge in [0.05, 0.1) is 16.9 Å². The largest absolute Gasteiger partial charge is 0.307 e. The SMILES string of the molecule is CC1(C)C(=O)N(Cc2c(F)cccc2Cl)c2cc(S(=O)(=O)Cl)ccc21. The van der Waals surface area contributed by atoms with Gasteiger partial charge in [-0.25, -0.2) is 12.8 Å². The summed E-state index contributed by atoms with van der Waals surface area (Å²) in [6.45, 7) is 3.35. The third-order valence-electron chi connectivity index (χ3n) is 4.37. The second-order valence-corrected chi connectivity index (χ2v) is 9.31. The molecule has 0 radical (unpaired) electrons. The van der Waals surface area contributed by atoms with Crippen LogP contribution in [0.15, 0.2) is 41.3 Å². The third-order valence-corrected chi connectivity index (χ3v) is 6.08. The first-order valence-corrected chi connectivity index (χ1v) is 10.1. The lowest BCUT2D eigenvalue weighted by atomic mass is 9.86. The highest BCUT2D eigenvalue weighted by Crippen LogP contribution is 2.44. The van der Waals surface area contributed by atoms with Gasteiger partial charge in [0.25, 0.3) is 9.05 Å². The van der Waals surface area contributed by atoms with Crippen molar-refractivity contribution in [1.82, 2.24) is 0 Å². The van der Waals surface area contributed by atoms with E-state index in [1.165, 1.54) is 35.2 Å². The lowest BCUT2D eigenvalue weighted by Gasteiger charge is -2.21. The highest BCUT2D eigenvalue weighted by atomic mass is 35.7. The number of nitrogens with zero attached hydrogens (tertiary/aromatic N) is 1. The topological polar surface area (TPSA) is 54.5 Å². The van der Waals surface area contributed by atoms with Crippen LogP contribution < -0.4 is 4.90 Å². The van der Waals surface area contributed by atoms with Crippen LogP contribution in [0, 0.1) is 5.82 Å². The van der Waals surface area contributed by atoms with Crippen LogP contribution in [0.25, 0.3) is 0 Å². The smallest absolute Gasteiger partial charge is 0.261 e. The number of hydrogen-bond acceptors (Lipinski definition) is 3. The van der Waals surface area contributed by atoms with E-state index in [4.69, 9.17) is 22.3 Å². The van der Waals surface area contributed by atoms with E-state index in [2.05, 4.69) is 0 Å². The Balaban J connectivity index is 2.15. The standard InChI is InChI=1S/C17H14Cl2FNO3S/c1-17(2)12-7-6-10(25(19,23)24)8-15(12)21(16(17)22)9-11-13(18)4-3-5-14(11)20/h3-8H,9H2,1-2H3. The molecule has 1 aliphatic heterocycles. The second kappa shape index (κ2) is 5.97. The first-order chi connectivity index (χ1) is 11.5. The molecule has 2 aromatic carbocycles. The number of hydrogen-bond donors (Lipinski definition) is 0. The Labute approximate surface area is 154 Å². The Kier molecular flexibility index (Phi) is 4.34. The molecule has 1 amide bonds. The lowest BCUT2D eigenvalue weighted by molar-refractivity contribution is -0.122. The first-order valence-electron chi connectivity index (χ1n) is 7.37. The van der Waals surface area contributed by atoms with Crippen LogP contribution in [-0.4, -0.2) is 14.3 Å². The molecule has 25 heavy (non-hydrogen) atoms. The van der Waals surface area contributed by atoms with Gasteiger partial charge in [0.2, 0.25) is 5.91 Å². The zero-order chi connectivity index (χ0) is 18.6. The van der Waals surface area contributed by atoms with Gasteiger partial charge in [-0.3, -0.25) is 4.79 Å². The van der Waals surface area contributed by atoms with Gasteiger partial charge >= 0.3 is 0 Å². The van der Waals surface area contributed by atoms with Gasteiger partial charge in [-0.1, -0.05) is 23.7 Å². The molecule has 0 bridgehead atoms. The minimum atomic E-state index is -3.96. The summed E-state index contributed by atoms with van der Waals surface area (Å²) in [7, 11) is 1.46. The molecular formula is C17H14Cl2FNO3S. The van der Waals surface area contributed by atoms with Crippen LogP contribution in [0.3, 0.4) is 0 Å². The average Bonchev–Trinajstić information content (AvgIpc) is 2.70. The van der Waals surface area contributed by atoms with Crippen molar-refractivity contribution in [3.8, 4) is 0 Å². The van der Waals surface area contributed by atoms with Gasteiger partial charge in [0.1, 0.15) is 5.82 Å². The van der Waals surface area contributed by atoms with Crippen LogP contribution in [-0.2, 0) is 25.8 Å². The van der Waals surface area contributed by atoms with Gasteiger partial charge in [0, 0.05) is 27.0 Å². The van der Waals surface area contributed by atoms with Crippen LogP contribution in [0.1, 0.15) is 25.0 Å². The van der Waals surface area contributed by atoms with Gasteiger partial charge in [-0.2, -0.15) is 0 Å². The zero-order valence-corrected chi connectivity index (χ0v) is 15.7. The van der Waals surface area contributed by atoms with Gasteiger partial charge < -0.3 is 4.90 Å². The summed E-state index contributed by atoms with van der Waals surface area (Å²) >= 11 is 6.06. The predicted octanol–water partition coefficient (Wildman–Crippen LogP) is 4.23. The molecule has 2 aromatic rings. The van der Waals surface area contributed by atoms with Crippen molar-refractivity contribution in [1.29, 1.82) is 0 Å². The van der Waals surface area contributed by atoms with E-state index in [1.807, 2.05) is 0 Å². The van der Waals surface area contributed by atoms with Crippen molar-refractivity contribution in [3.63, 3.8) is 0 Å². The fourth-order valence-corrected chi connectivity index (χ4v) is 3.97. The molecule has 1 heterocycles. The highest BCUT2D eigenvalue weighted by Gasteiger charge is 2.44. The molecule has 0 fully saturated rings. The molecule has 3 rings (SSSR count). The highest BCUT2D eigenvalue weighted by molar-refractivity contribution is 8.13. The number of amides is 1. The molecule has 8 heteroatoms. The Morgan fingerprint density at radius 2 is 1.88 bits per heavy atom. The van der Waals surface area contributed by atoms with Crippen LogP contribution >= 0.6 is 22.3 Å². The number of carbonyl (C=O) groups is 1. The summed E-state index contributed by atoms with van der Waals surface area (Å²) in [5.74, 6) is -0.807. The molecule has 4 nitrogen and oxygen atoms in total. The van der Waals surface area contributed by atoms with Crippen LogP contribution in [0.2, 0.25) is 5.02 Å². The van der Waals surface area contributed by atoms with Crippen LogP contribution in [0.4, 0.5) is 10.1 Å². The molecule has 0 aliphatic carbocycles. The monoisotopic (exact) mass is 401 g/mol. The number of halogens is 3. The van der Waals surface area contributed by atoms with Crippen molar-refractivity contribution >= 4 is 42.9 Å². The maximum atomic E-state index is 14.1. The Morgan fingerprint density at radius 3 is 2.48 bits per heavy atom. The van der Waals surface area contributed by atoms with Gasteiger partial charge in [0.15, 0.2) is 0 Å². The fraction of sp³-hybridized carbons (Fsp3) is 0.235. The van der Waals surface area contributed by atoms with E-state index in [0.29, 0.717) is 11.3 Å². The maximum absolute atomic E-state index is 14.1. The number of benzene rings is 2. The van der Waals surface area contributed by atoms with E-state index >= 15 is 0 Å². The minimum Gasteiger partial charge on any atom is -0.307 e. The third kappa shape index (κ3) is 3.03. The Hall–Kier alpha value is -1.63. The van der Waals surface area contributed by atoms with E-state index in [-0.39, 0.29) is 27.9 Å². The summed E-state index contributed by atoms with van der Waals surface area (Å²) in [6.07, 6.45) is 0. The summed E-state index contributed by atoms with van der Waals surface area (Å²) in [6, 6.07) is 8.52. The summed E-state index contributed by atoms with van der Waals surface area (Å²) < 4.78 is 37.4. The molecule has 1 aliphatic rings. The number of fused-ring (bicyclic) bond motifs is 1. The Bertz CT molecular complexity index is 969. The average molecular weight is 402 g/mol. The van der Waals surface area contributed by atoms with Crippen LogP contribution in [0.5, 0.6) is 0 Å². The summed E-state index contributed by atoms with van der Waals surface area (Å²) in [4.78, 5) is 14.1. The van der Waals surface area contributed by atoms with E-state index < -0.39 is 20.3 Å². The van der Waals surface area contributed by atoms with Crippen molar-refractivity contribution in [3.05, 3.63) is 58.4 Å². The summed E-state index contributed by atoms with van der Waals surface area (Å²) in [5.41, 5.74) is 0.326. The number of carbonyl (C=O) groups excluding carboxylic acids is 1. The molecule has 0 atom stereocenters. The second-order valence-electron chi connectivity index (χ2n) is 6.33. The number of anilines is 1. The van der Waals surface area contributed by atoms with E-state index in [1.54, 1.807) is 19.9 Å². The molecule has 0 N–H and O–H groups in total. The van der Waals surface area contributed by atoms with Crippen molar-refractivity contribution in [2.24, 2.45) is 0 Å².